The van der Waals surface area contributed by atoms with E-state index in [4.69, 9.17) is 14.5 Å². The van der Waals surface area contributed by atoms with Crippen LogP contribution in [0.25, 0.3) is 10.9 Å². The lowest BCUT2D eigenvalue weighted by molar-refractivity contribution is 0.0472. The van der Waals surface area contributed by atoms with Crippen LogP contribution in [0.1, 0.15) is 27.2 Å². The van der Waals surface area contributed by atoms with Gasteiger partial charge in [0.1, 0.15) is 18.1 Å². The fourth-order valence-corrected chi connectivity index (χ4v) is 4.10. The van der Waals surface area contributed by atoms with Gasteiger partial charge in [0.05, 0.1) is 11.1 Å². The molecule has 5 rings (SSSR count). The number of carbonyl (C=O) groups excluding carboxylic acids is 1. The van der Waals surface area contributed by atoms with Gasteiger partial charge in [-0.1, -0.05) is 48.5 Å². The highest BCUT2D eigenvalue weighted by molar-refractivity contribution is 6.05. The van der Waals surface area contributed by atoms with Crippen molar-refractivity contribution in [1.82, 2.24) is 9.88 Å². The van der Waals surface area contributed by atoms with E-state index in [2.05, 4.69) is 11.9 Å². The lowest BCUT2D eigenvalue weighted by Gasteiger charge is -2.26. The number of benzene rings is 3. The molecule has 0 radical (unpaired) electrons. The van der Waals surface area contributed by atoms with E-state index in [1.165, 1.54) is 0 Å². The van der Waals surface area contributed by atoms with Crippen LogP contribution in [0.5, 0.6) is 11.5 Å². The predicted molar refractivity (Wildman–Crippen MR) is 124 cm³/mol. The molecule has 0 amide bonds. The third-order valence-electron chi connectivity index (χ3n) is 5.69. The first-order valence-electron chi connectivity index (χ1n) is 10.8. The van der Waals surface area contributed by atoms with Crippen molar-refractivity contribution in [3.05, 3.63) is 101 Å². The van der Waals surface area contributed by atoms with Gasteiger partial charge in [-0.15, -0.1) is 0 Å². The number of likely N-dealkylation sites (N-methyl/N-ethyl adjacent to an activating group) is 1. The fourth-order valence-electron chi connectivity index (χ4n) is 4.10. The molecule has 5 heteroatoms. The Hall–Kier alpha value is -3.70. The number of hydrogen-bond donors (Lipinski definition) is 0. The first kappa shape index (κ1) is 20.2. The molecular weight excluding hydrogens is 400 g/mol. The van der Waals surface area contributed by atoms with Gasteiger partial charge < -0.3 is 14.4 Å². The monoisotopic (exact) mass is 424 g/mol. The first-order valence-corrected chi connectivity index (χ1v) is 10.8. The van der Waals surface area contributed by atoms with Gasteiger partial charge in [0.2, 0.25) is 0 Å². The summed E-state index contributed by atoms with van der Waals surface area (Å²) in [5, 5.41) is 0.840. The molecule has 0 atom stereocenters. The number of carbonyl (C=O) groups is 1. The van der Waals surface area contributed by atoms with Gasteiger partial charge >= 0.3 is 5.97 Å². The maximum Gasteiger partial charge on any atom is 0.339 e. The van der Waals surface area contributed by atoms with Crippen molar-refractivity contribution in [3.63, 3.8) is 0 Å². The molecule has 4 aromatic rings. The Morgan fingerprint density at radius 2 is 1.75 bits per heavy atom. The van der Waals surface area contributed by atoms with Crippen molar-refractivity contribution in [2.45, 2.75) is 19.6 Å². The third-order valence-corrected chi connectivity index (χ3v) is 5.69. The quantitative estimate of drug-likeness (QED) is 0.403. The second-order valence-corrected chi connectivity index (χ2v) is 8.06. The standard InChI is InChI=1S/C27H24N2O3/c1-29-15-14-25-23(17-29)26(22-12-5-6-13-24(22)28-25)27(30)31-18-19-8-7-11-21(16-19)32-20-9-3-2-4-10-20/h2-13,16H,14-15,17-18H2,1H3. The highest BCUT2D eigenvalue weighted by atomic mass is 16.5. The van der Waals surface area contributed by atoms with Crippen LogP contribution in [-0.2, 0) is 24.3 Å². The summed E-state index contributed by atoms with van der Waals surface area (Å²) in [6.45, 7) is 1.80. The van der Waals surface area contributed by atoms with Crippen LogP contribution in [0.2, 0.25) is 0 Å². The number of para-hydroxylation sites is 2. The number of nitrogens with zero attached hydrogens (tertiary/aromatic N) is 2. The topological polar surface area (TPSA) is 51.7 Å². The second kappa shape index (κ2) is 8.81. The zero-order valence-corrected chi connectivity index (χ0v) is 18.0. The summed E-state index contributed by atoms with van der Waals surface area (Å²) in [6, 6.07) is 25.0. The van der Waals surface area contributed by atoms with Gasteiger partial charge in [0.25, 0.3) is 0 Å². The van der Waals surface area contributed by atoms with Crippen molar-refractivity contribution < 1.29 is 14.3 Å². The molecule has 0 aliphatic carbocycles. The van der Waals surface area contributed by atoms with Crippen LogP contribution in [0.4, 0.5) is 0 Å². The van der Waals surface area contributed by atoms with Crippen molar-refractivity contribution in [3.8, 4) is 11.5 Å². The largest absolute Gasteiger partial charge is 0.457 e. The molecule has 5 nitrogen and oxygen atoms in total. The summed E-state index contributed by atoms with van der Waals surface area (Å²) < 4.78 is 11.7. The second-order valence-electron chi connectivity index (χ2n) is 8.06. The molecule has 2 heterocycles. The minimum absolute atomic E-state index is 0.173. The zero-order valence-electron chi connectivity index (χ0n) is 18.0. The van der Waals surface area contributed by atoms with E-state index in [0.29, 0.717) is 17.9 Å². The molecule has 0 N–H and O–H groups in total. The lowest BCUT2D eigenvalue weighted by Crippen LogP contribution is -2.29. The minimum Gasteiger partial charge on any atom is -0.457 e. The van der Waals surface area contributed by atoms with E-state index in [-0.39, 0.29) is 12.6 Å². The third kappa shape index (κ3) is 4.20. The Morgan fingerprint density at radius 3 is 2.62 bits per heavy atom. The highest BCUT2D eigenvalue weighted by Crippen LogP contribution is 2.29. The Kier molecular flexibility index (Phi) is 5.57. The van der Waals surface area contributed by atoms with E-state index in [1.807, 2.05) is 78.9 Å². The summed E-state index contributed by atoms with van der Waals surface area (Å²) in [5.74, 6) is 1.16. The van der Waals surface area contributed by atoms with Crippen LogP contribution >= 0.6 is 0 Å². The number of aromatic nitrogens is 1. The van der Waals surface area contributed by atoms with Crippen LogP contribution < -0.4 is 4.74 Å². The van der Waals surface area contributed by atoms with E-state index >= 15 is 0 Å². The van der Waals surface area contributed by atoms with Crippen molar-refractivity contribution in [1.29, 1.82) is 0 Å². The van der Waals surface area contributed by atoms with Crippen molar-refractivity contribution in [2.24, 2.45) is 0 Å². The zero-order chi connectivity index (χ0) is 21.9. The number of esters is 1. The Bertz CT molecular complexity index is 1270. The summed E-state index contributed by atoms with van der Waals surface area (Å²) in [5.41, 5.74) is 4.31. The molecule has 0 bridgehead atoms. The number of ether oxygens (including phenoxy) is 2. The molecular formula is C27H24N2O3. The molecule has 160 valence electrons. The van der Waals surface area contributed by atoms with Gasteiger partial charge in [-0.05, 0) is 42.9 Å². The van der Waals surface area contributed by atoms with Gasteiger partial charge in [0, 0.05) is 36.2 Å². The lowest BCUT2D eigenvalue weighted by atomic mass is 9.96. The van der Waals surface area contributed by atoms with Crippen molar-refractivity contribution >= 4 is 16.9 Å². The molecule has 1 aliphatic heterocycles. The van der Waals surface area contributed by atoms with Crippen LogP contribution in [-0.4, -0.2) is 29.4 Å². The molecule has 0 saturated carbocycles. The normalized spacial score (nSPS) is 13.5. The summed E-state index contributed by atoms with van der Waals surface area (Å²) in [6.07, 6.45) is 0.829. The highest BCUT2D eigenvalue weighted by Gasteiger charge is 2.25. The fraction of sp³-hybridized carbons (Fsp3) is 0.185. The van der Waals surface area contributed by atoms with Crippen LogP contribution in [0.15, 0.2) is 78.9 Å². The maximum absolute atomic E-state index is 13.3. The molecule has 1 aromatic heterocycles. The molecule has 0 unspecified atom stereocenters. The number of pyridine rings is 1. The Morgan fingerprint density at radius 1 is 0.969 bits per heavy atom. The predicted octanol–water partition coefficient (Wildman–Crippen LogP) is 5.37. The first-order chi connectivity index (χ1) is 15.7. The van der Waals surface area contributed by atoms with Gasteiger partial charge in [-0.25, -0.2) is 4.79 Å². The number of fused-ring (bicyclic) bond motifs is 2. The minimum atomic E-state index is -0.315. The molecule has 0 spiro atoms. The average Bonchev–Trinajstić information content (AvgIpc) is 2.82. The van der Waals surface area contributed by atoms with E-state index in [1.54, 1.807) is 0 Å². The van der Waals surface area contributed by atoms with E-state index < -0.39 is 0 Å². The molecule has 1 aliphatic rings. The summed E-state index contributed by atoms with van der Waals surface area (Å²) >= 11 is 0. The van der Waals surface area contributed by atoms with Crippen LogP contribution in [0.3, 0.4) is 0 Å². The molecule has 32 heavy (non-hydrogen) atoms. The number of hydrogen-bond acceptors (Lipinski definition) is 5. The maximum atomic E-state index is 13.3. The molecule has 0 fully saturated rings. The molecule has 0 saturated heterocycles. The van der Waals surface area contributed by atoms with Crippen LogP contribution in [0, 0.1) is 0 Å². The van der Waals surface area contributed by atoms with Gasteiger partial charge in [-0.3, -0.25) is 4.98 Å². The summed E-state index contributed by atoms with van der Waals surface area (Å²) in [4.78, 5) is 20.3. The van der Waals surface area contributed by atoms with Crippen molar-refractivity contribution in [2.75, 3.05) is 13.6 Å². The van der Waals surface area contributed by atoms with Gasteiger partial charge in [-0.2, -0.15) is 0 Å². The molecule has 3 aromatic carbocycles. The number of rotatable bonds is 5. The SMILES string of the molecule is CN1CCc2nc3ccccc3c(C(=O)OCc3cccc(Oc4ccccc4)c3)c2C1. The van der Waals surface area contributed by atoms with Gasteiger partial charge in [0.15, 0.2) is 0 Å². The van der Waals surface area contributed by atoms with E-state index in [9.17, 15) is 4.79 Å². The Labute approximate surface area is 187 Å². The average molecular weight is 425 g/mol. The Balaban J connectivity index is 1.39. The van der Waals surface area contributed by atoms with E-state index in [0.717, 1.165) is 46.4 Å². The smallest absolute Gasteiger partial charge is 0.339 e. The summed E-state index contributed by atoms with van der Waals surface area (Å²) in [7, 11) is 2.06.